The van der Waals surface area contributed by atoms with Crippen molar-refractivity contribution in [3.63, 3.8) is 0 Å². The summed E-state index contributed by atoms with van der Waals surface area (Å²) in [6.07, 6.45) is 0.962. The van der Waals surface area contributed by atoms with E-state index in [9.17, 15) is 14.7 Å². The summed E-state index contributed by atoms with van der Waals surface area (Å²) < 4.78 is 10.2. The molecule has 0 saturated carbocycles. The van der Waals surface area contributed by atoms with Gasteiger partial charge >= 0.3 is 12.1 Å². The first-order valence-corrected chi connectivity index (χ1v) is 9.48. The first-order chi connectivity index (χ1) is 13.6. The molecule has 0 aliphatic rings. The molecule has 0 fully saturated rings. The Labute approximate surface area is 165 Å². The second-order valence-electron chi connectivity index (χ2n) is 6.45. The third-order valence-corrected chi connectivity index (χ3v) is 4.13. The molecule has 0 unspecified atom stereocenters. The number of amides is 1. The minimum atomic E-state index is -1.12. The lowest BCUT2D eigenvalue weighted by atomic mass is 10.1. The van der Waals surface area contributed by atoms with Crippen LogP contribution in [0, 0.1) is 0 Å². The van der Waals surface area contributed by atoms with Crippen LogP contribution in [0.4, 0.5) is 4.79 Å². The van der Waals surface area contributed by atoms with E-state index in [1.54, 1.807) is 0 Å². The molecule has 0 aliphatic carbocycles. The average Bonchev–Trinajstić information content (AvgIpc) is 2.74. The van der Waals surface area contributed by atoms with Gasteiger partial charge in [-0.15, -0.1) is 0 Å². The van der Waals surface area contributed by atoms with E-state index in [2.05, 4.69) is 5.32 Å². The van der Waals surface area contributed by atoms with Crippen LogP contribution in [0.2, 0.25) is 0 Å². The van der Waals surface area contributed by atoms with Crippen molar-refractivity contribution in [3.8, 4) is 0 Å². The van der Waals surface area contributed by atoms with Gasteiger partial charge in [-0.1, -0.05) is 73.5 Å². The minimum Gasteiger partial charge on any atom is -0.459 e. The Balaban J connectivity index is 1.47. The third-order valence-electron chi connectivity index (χ3n) is 4.13. The van der Waals surface area contributed by atoms with Crippen molar-refractivity contribution in [1.82, 2.24) is 5.32 Å². The lowest BCUT2D eigenvalue weighted by Gasteiger charge is -2.11. The first-order valence-electron chi connectivity index (χ1n) is 9.48. The van der Waals surface area contributed by atoms with Gasteiger partial charge in [0.05, 0.1) is 0 Å². The predicted molar refractivity (Wildman–Crippen MR) is 105 cm³/mol. The summed E-state index contributed by atoms with van der Waals surface area (Å²) in [5.41, 5.74) is 1.82. The molecule has 0 radical (unpaired) electrons. The highest BCUT2D eigenvalue weighted by Gasteiger charge is 2.16. The van der Waals surface area contributed by atoms with Gasteiger partial charge in [-0.3, -0.25) is 0 Å². The summed E-state index contributed by atoms with van der Waals surface area (Å²) in [5.74, 6) is -0.605. The quantitative estimate of drug-likeness (QED) is 0.456. The number of carbonyl (C=O) groups is 2. The van der Waals surface area contributed by atoms with E-state index in [0.29, 0.717) is 19.4 Å². The van der Waals surface area contributed by atoms with Crippen molar-refractivity contribution in [2.45, 2.75) is 45.0 Å². The molecule has 6 nitrogen and oxygen atoms in total. The second-order valence-corrected chi connectivity index (χ2v) is 6.45. The Kier molecular flexibility index (Phi) is 9.58. The van der Waals surface area contributed by atoms with Gasteiger partial charge in [-0.25, -0.2) is 9.59 Å². The van der Waals surface area contributed by atoms with E-state index in [1.807, 2.05) is 60.7 Å². The summed E-state index contributed by atoms with van der Waals surface area (Å²) >= 11 is 0. The number of unbranched alkanes of at least 4 members (excludes halogenated alkanes) is 2. The first kappa shape index (κ1) is 21.4. The van der Waals surface area contributed by atoms with Gasteiger partial charge in [0, 0.05) is 6.54 Å². The highest BCUT2D eigenvalue weighted by Crippen LogP contribution is 2.07. The van der Waals surface area contributed by atoms with Gasteiger partial charge in [0.1, 0.15) is 13.2 Å². The molecule has 2 aromatic carbocycles. The number of rotatable bonds is 11. The monoisotopic (exact) mass is 385 g/mol. The molecule has 0 aliphatic heterocycles. The molecular weight excluding hydrogens is 358 g/mol. The summed E-state index contributed by atoms with van der Waals surface area (Å²) in [6.45, 7) is 0.887. The Hall–Kier alpha value is -2.86. The molecule has 2 aromatic rings. The maximum atomic E-state index is 11.8. The number of aliphatic hydroxyl groups excluding tert-OH is 1. The van der Waals surface area contributed by atoms with Gasteiger partial charge in [0.25, 0.3) is 0 Å². The van der Waals surface area contributed by atoms with Crippen molar-refractivity contribution in [3.05, 3.63) is 71.8 Å². The maximum absolute atomic E-state index is 11.8. The van der Waals surface area contributed by atoms with Crippen molar-refractivity contribution in [2.75, 3.05) is 6.54 Å². The fourth-order valence-corrected chi connectivity index (χ4v) is 2.55. The van der Waals surface area contributed by atoms with E-state index in [-0.39, 0.29) is 13.2 Å². The number of aliphatic hydroxyl groups is 1. The molecule has 6 heteroatoms. The Bertz CT molecular complexity index is 705. The van der Waals surface area contributed by atoms with Gasteiger partial charge in [0.15, 0.2) is 6.10 Å². The normalized spacial score (nSPS) is 11.5. The number of nitrogens with one attached hydrogen (secondary N) is 1. The number of esters is 1. The van der Waals surface area contributed by atoms with Crippen LogP contribution >= 0.6 is 0 Å². The fourth-order valence-electron chi connectivity index (χ4n) is 2.55. The standard InChI is InChI=1S/C22H27NO5/c24-20(21(25)27-16-18-10-4-1-5-11-18)14-8-3-9-15-23-22(26)28-17-19-12-6-2-7-13-19/h1-2,4-7,10-13,20,24H,3,8-9,14-17H2,(H,23,26)/t20-/m1/s1. The van der Waals surface area contributed by atoms with Crippen molar-refractivity contribution in [2.24, 2.45) is 0 Å². The molecule has 1 atom stereocenters. The van der Waals surface area contributed by atoms with Crippen molar-refractivity contribution < 1.29 is 24.2 Å². The summed E-state index contributed by atoms with van der Waals surface area (Å²) in [4.78, 5) is 23.4. The van der Waals surface area contributed by atoms with Crippen LogP contribution in [0.25, 0.3) is 0 Å². The number of ether oxygens (including phenoxy) is 2. The molecule has 150 valence electrons. The van der Waals surface area contributed by atoms with Crippen molar-refractivity contribution in [1.29, 1.82) is 0 Å². The number of benzene rings is 2. The zero-order valence-electron chi connectivity index (χ0n) is 15.9. The van der Waals surface area contributed by atoms with Crippen LogP contribution in [-0.2, 0) is 27.5 Å². The van der Waals surface area contributed by atoms with Crippen LogP contribution in [0.5, 0.6) is 0 Å². The smallest absolute Gasteiger partial charge is 0.407 e. The Morgan fingerprint density at radius 1 is 0.821 bits per heavy atom. The summed E-state index contributed by atoms with van der Waals surface area (Å²) in [5, 5.41) is 12.5. The zero-order valence-corrected chi connectivity index (χ0v) is 15.9. The lowest BCUT2D eigenvalue weighted by molar-refractivity contribution is -0.155. The molecule has 2 rings (SSSR count). The van der Waals surface area contributed by atoms with Gasteiger partial charge in [-0.2, -0.15) is 0 Å². The number of hydrogen-bond acceptors (Lipinski definition) is 5. The highest BCUT2D eigenvalue weighted by atomic mass is 16.6. The average molecular weight is 385 g/mol. The van der Waals surface area contributed by atoms with Crippen LogP contribution in [0.1, 0.15) is 36.8 Å². The molecule has 2 N–H and O–H groups in total. The second kappa shape index (κ2) is 12.5. The number of hydrogen-bond donors (Lipinski definition) is 2. The number of alkyl carbamates (subject to hydrolysis) is 1. The van der Waals surface area contributed by atoms with E-state index >= 15 is 0 Å². The Morgan fingerprint density at radius 3 is 2.00 bits per heavy atom. The van der Waals surface area contributed by atoms with Gasteiger partial charge in [0.2, 0.25) is 0 Å². The summed E-state index contributed by atoms with van der Waals surface area (Å²) in [6, 6.07) is 18.8. The number of carbonyl (C=O) groups excluding carboxylic acids is 2. The van der Waals surface area contributed by atoms with E-state index < -0.39 is 18.2 Å². The van der Waals surface area contributed by atoms with Crippen LogP contribution in [0.15, 0.2) is 60.7 Å². The largest absolute Gasteiger partial charge is 0.459 e. The summed E-state index contributed by atoms with van der Waals surface area (Å²) in [7, 11) is 0. The van der Waals surface area contributed by atoms with Crippen LogP contribution < -0.4 is 5.32 Å². The third kappa shape index (κ3) is 8.68. The van der Waals surface area contributed by atoms with Crippen LogP contribution in [0.3, 0.4) is 0 Å². The zero-order chi connectivity index (χ0) is 20.0. The fraction of sp³-hybridized carbons (Fsp3) is 0.364. The lowest BCUT2D eigenvalue weighted by Crippen LogP contribution is -2.25. The molecule has 28 heavy (non-hydrogen) atoms. The molecule has 0 heterocycles. The van der Waals surface area contributed by atoms with Gasteiger partial charge < -0.3 is 19.9 Å². The van der Waals surface area contributed by atoms with E-state index in [0.717, 1.165) is 24.0 Å². The predicted octanol–water partition coefficient (Wildman–Crippen LogP) is 3.58. The van der Waals surface area contributed by atoms with Crippen molar-refractivity contribution >= 4 is 12.1 Å². The minimum absolute atomic E-state index is 0.158. The van der Waals surface area contributed by atoms with E-state index in [4.69, 9.17) is 9.47 Å². The maximum Gasteiger partial charge on any atom is 0.407 e. The molecule has 1 amide bonds. The molecule has 0 aromatic heterocycles. The molecule has 0 bridgehead atoms. The Morgan fingerprint density at radius 2 is 1.39 bits per heavy atom. The van der Waals surface area contributed by atoms with Crippen LogP contribution in [-0.4, -0.2) is 29.8 Å². The topological polar surface area (TPSA) is 84.9 Å². The van der Waals surface area contributed by atoms with Gasteiger partial charge in [-0.05, 0) is 24.0 Å². The highest BCUT2D eigenvalue weighted by molar-refractivity contribution is 5.74. The molecule has 0 spiro atoms. The molecular formula is C22H27NO5. The molecule has 0 saturated heterocycles. The van der Waals surface area contributed by atoms with E-state index in [1.165, 1.54) is 0 Å². The SMILES string of the molecule is O=C(NCCCCC[C@@H](O)C(=O)OCc1ccccc1)OCc1ccccc1.